The predicted octanol–water partition coefficient (Wildman–Crippen LogP) is 4.83. The minimum absolute atomic E-state index is 0.0427. The summed E-state index contributed by atoms with van der Waals surface area (Å²) in [7, 11) is 0. The van der Waals surface area contributed by atoms with Crippen LogP contribution in [0.4, 0.5) is 0 Å². The van der Waals surface area contributed by atoms with E-state index in [4.69, 9.17) is 4.74 Å². The number of carbonyl (C=O) groups excluding carboxylic acids is 2. The van der Waals surface area contributed by atoms with Gasteiger partial charge in [-0.2, -0.15) is 0 Å². The van der Waals surface area contributed by atoms with E-state index >= 15 is 0 Å². The minimum Gasteiger partial charge on any atom is -0.366 e. The summed E-state index contributed by atoms with van der Waals surface area (Å²) in [5, 5.41) is 0. The smallest absolute Gasteiger partial charge is 0.223 e. The molecular weight excluding hydrogens is 429 g/mol. The van der Waals surface area contributed by atoms with Crippen molar-refractivity contribution < 1.29 is 14.3 Å². The molecule has 0 radical (unpaired) electrons. The maximum absolute atomic E-state index is 13.0. The average Bonchev–Trinajstić information content (AvgIpc) is 2.92. The summed E-state index contributed by atoms with van der Waals surface area (Å²) in [4.78, 5) is 27.2. The number of halogens is 1. The Morgan fingerprint density at radius 1 is 1.12 bits per heavy atom. The standard InChI is InChI=1S/C20H36INO3/c1-14(2)17(23)11-19(4,5)20(6,7)12-18(24)22-10-8-9-16(22)13-25-15(3)21/h14-16H,8-13H2,1-7H3. The lowest BCUT2D eigenvalue weighted by Gasteiger charge is -2.42. The van der Waals surface area contributed by atoms with Crippen LogP contribution < -0.4 is 0 Å². The van der Waals surface area contributed by atoms with Crippen LogP contribution >= 0.6 is 22.6 Å². The van der Waals surface area contributed by atoms with Crippen molar-refractivity contribution in [2.75, 3.05) is 13.2 Å². The maximum atomic E-state index is 13.0. The number of likely N-dealkylation sites (tertiary alicyclic amines) is 1. The largest absolute Gasteiger partial charge is 0.366 e. The second-order valence-corrected chi connectivity index (χ2v) is 10.8. The highest BCUT2D eigenvalue weighted by Gasteiger charge is 2.42. The highest BCUT2D eigenvalue weighted by Crippen LogP contribution is 2.45. The second kappa shape index (κ2) is 9.16. The van der Waals surface area contributed by atoms with Crippen LogP contribution in [0.1, 0.15) is 74.1 Å². The first kappa shape index (κ1) is 22.9. The van der Waals surface area contributed by atoms with Gasteiger partial charge in [0.2, 0.25) is 5.91 Å². The van der Waals surface area contributed by atoms with Crippen LogP contribution in [0.25, 0.3) is 0 Å². The van der Waals surface area contributed by atoms with Gasteiger partial charge >= 0.3 is 0 Å². The van der Waals surface area contributed by atoms with Gasteiger partial charge in [0, 0.05) is 25.3 Å². The molecule has 1 fully saturated rings. The fourth-order valence-corrected chi connectivity index (χ4v) is 3.39. The second-order valence-electron chi connectivity index (χ2n) is 9.00. The molecule has 1 rings (SSSR count). The third kappa shape index (κ3) is 6.49. The third-order valence-corrected chi connectivity index (χ3v) is 6.26. The maximum Gasteiger partial charge on any atom is 0.223 e. The lowest BCUT2D eigenvalue weighted by atomic mass is 9.63. The molecule has 1 heterocycles. The SMILES string of the molecule is CC(I)OCC1CCCN1C(=O)CC(C)(C)C(C)(C)CC(=O)C(C)C. The number of ether oxygens (including phenoxy) is 1. The van der Waals surface area contributed by atoms with Gasteiger partial charge in [-0.3, -0.25) is 9.59 Å². The number of rotatable bonds is 9. The Balaban J connectivity index is 2.73. The van der Waals surface area contributed by atoms with Crippen molar-refractivity contribution in [2.45, 2.75) is 84.3 Å². The Labute approximate surface area is 167 Å². The number of alkyl halides is 1. The van der Waals surface area contributed by atoms with Crippen molar-refractivity contribution in [3.05, 3.63) is 0 Å². The summed E-state index contributed by atoms with van der Waals surface area (Å²) in [5.74, 6) is 0.512. The molecule has 0 aromatic heterocycles. The van der Waals surface area contributed by atoms with E-state index in [1.165, 1.54) is 0 Å². The molecule has 0 saturated carbocycles. The van der Waals surface area contributed by atoms with Gasteiger partial charge in [-0.25, -0.2) is 0 Å². The number of hydrogen-bond acceptors (Lipinski definition) is 3. The van der Waals surface area contributed by atoms with Crippen molar-refractivity contribution in [1.29, 1.82) is 0 Å². The summed E-state index contributed by atoms with van der Waals surface area (Å²) in [6.07, 6.45) is 3.06. The zero-order valence-electron chi connectivity index (χ0n) is 17.0. The van der Waals surface area contributed by atoms with Crippen LogP contribution in [0.2, 0.25) is 0 Å². The molecule has 1 aliphatic heterocycles. The van der Waals surface area contributed by atoms with Gasteiger partial charge in [0.15, 0.2) is 0 Å². The first-order chi connectivity index (χ1) is 11.4. The van der Waals surface area contributed by atoms with Gasteiger partial charge in [0.25, 0.3) is 0 Å². The Morgan fingerprint density at radius 2 is 1.68 bits per heavy atom. The summed E-state index contributed by atoms with van der Waals surface area (Å²) >= 11 is 2.24. The fourth-order valence-electron chi connectivity index (χ4n) is 3.18. The van der Waals surface area contributed by atoms with E-state index in [0.717, 1.165) is 19.4 Å². The molecule has 2 unspecified atom stereocenters. The van der Waals surface area contributed by atoms with Gasteiger partial charge in [-0.05, 0) is 30.6 Å². The first-order valence-electron chi connectivity index (χ1n) is 9.45. The Morgan fingerprint density at radius 3 is 2.20 bits per heavy atom. The zero-order valence-corrected chi connectivity index (χ0v) is 19.2. The van der Waals surface area contributed by atoms with E-state index in [2.05, 4.69) is 50.3 Å². The molecule has 0 spiro atoms. The summed E-state index contributed by atoms with van der Waals surface area (Å²) in [6.45, 7) is 15.8. The Bertz CT molecular complexity index is 472. The van der Waals surface area contributed by atoms with Gasteiger partial charge in [0.1, 0.15) is 9.89 Å². The quantitative estimate of drug-likeness (QED) is 0.362. The van der Waals surface area contributed by atoms with Crippen LogP contribution in [-0.2, 0) is 14.3 Å². The molecule has 0 N–H and O–H groups in total. The molecule has 5 heteroatoms. The van der Waals surface area contributed by atoms with Gasteiger partial charge in [-0.15, -0.1) is 0 Å². The Hall–Kier alpha value is -0.170. The van der Waals surface area contributed by atoms with Crippen LogP contribution in [0.5, 0.6) is 0 Å². The molecule has 0 aliphatic carbocycles. The fraction of sp³-hybridized carbons (Fsp3) is 0.900. The highest BCUT2D eigenvalue weighted by atomic mass is 127. The third-order valence-electron chi connectivity index (χ3n) is 5.90. The molecular formula is C20H36INO3. The monoisotopic (exact) mass is 465 g/mol. The van der Waals surface area contributed by atoms with Gasteiger partial charge in [-0.1, -0.05) is 64.1 Å². The van der Waals surface area contributed by atoms with Gasteiger partial charge < -0.3 is 9.64 Å². The van der Waals surface area contributed by atoms with Gasteiger partial charge in [0.05, 0.1) is 12.6 Å². The number of carbonyl (C=O) groups is 2. The summed E-state index contributed by atoms with van der Waals surface area (Å²) in [5.41, 5.74) is -0.453. The number of nitrogens with zero attached hydrogens (tertiary/aromatic N) is 1. The van der Waals surface area contributed by atoms with E-state index in [-0.39, 0.29) is 38.6 Å². The molecule has 0 aromatic rings. The normalized spacial score (nSPS) is 20.2. The number of ketones is 1. The van der Waals surface area contributed by atoms with E-state index in [0.29, 0.717) is 19.4 Å². The summed E-state index contributed by atoms with van der Waals surface area (Å²) in [6, 6.07) is 0.195. The predicted molar refractivity (Wildman–Crippen MR) is 111 cm³/mol. The van der Waals surface area contributed by atoms with Crippen LogP contribution in [0, 0.1) is 16.7 Å². The van der Waals surface area contributed by atoms with E-state index in [9.17, 15) is 9.59 Å². The number of Topliss-reactive ketones (excluding diaryl/α,β-unsaturated/α-hetero) is 1. The first-order valence-corrected chi connectivity index (χ1v) is 10.7. The molecule has 0 aromatic carbocycles. The lowest BCUT2D eigenvalue weighted by Crippen LogP contribution is -2.44. The zero-order chi connectivity index (χ0) is 19.4. The lowest BCUT2D eigenvalue weighted by molar-refractivity contribution is -0.139. The highest BCUT2D eigenvalue weighted by molar-refractivity contribution is 14.1. The molecule has 1 saturated heterocycles. The van der Waals surface area contributed by atoms with Crippen molar-refractivity contribution >= 4 is 34.3 Å². The van der Waals surface area contributed by atoms with Crippen molar-refractivity contribution in [2.24, 2.45) is 16.7 Å². The van der Waals surface area contributed by atoms with Crippen LogP contribution in [0.15, 0.2) is 0 Å². The van der Waals surface area contributed by atoms with Crippen molar-refractivity contribution in [3.63, 3.8) is 0 Å². The molecule has 0 bridgehead atoms. The van der Waals surface area contributed by atoms with Crippen molar-refractivity contribution in [3.8, 4) is 0 Å². The minimum atomic E-state index is -0.237. The van der Waals surface area contributed by atoms with Crippen LogP contribution in [0.3, 0.4) is 0 Å². The Kier molecular flexibility index (Phi) is 8.38. The molecule has 1 amide bonds. The molecule has 146 valence electrons. The van der Waals surface area contributed by atoms with E-state index in [1.807, 2.05) is 25.7 Å². The number of amides is 1. The van der Waals surface area contributed by atoms with E-state index in [1.54, 1.807) is 0 Å². The van der Waals surface area contributed by atoms with Crippen molar-refractivity contribution in [1.82, 2.24) is 4.90 Å². The molecule has 4 nitrogen and oxygen atoms in total. The molecule has 2 atom stereocenters. The topological polar surface area (TPSA) is 46.6 Å². The van der Waals surface area contributed by atoms with E-state index < -0.39 is 0 Å². The van der Waals surface area contributed by atoms with Crippen LogP contribution in [-0.4, -0.2) is 39.9 Å². The molecule has 25 heavy (non-hydrogen) atoms. The average molecular weight is 465 g/mol. The summed E-state index contributed by atoms with van der Waals surface area (Å²) < 4.78 is 5.89. The molecule has 1 aliphatic rings. The number of hydrogen-bond donors (Lipinski definition) is 0.